The van der Waals surface area contributed by atoms with Crippen molar-refractivity contribution in [1.82, 2.24) is 20.0 Å². The Morgan fingerprint density at radius 2 is 1.94 bits per heavy atom. The first kappa shape index (κ1) is 22.3. The summed E-state index contributed by atoms with van der Waals surface area (Å²) in [5, 5.41) is 13.9. The van der Waals surface area contributed by atoms with Crippen LogP contribution in [0.5, 0.6) is 0 Å². The molecule has 1 aromatic heterocycles. The number of aromatic nitrogens is 2. The van der Waals surface area contributed by atoms with Gasteiger partial charge in [0.1, 0.15) is 0 Å². The number of hydrogen-bond acceptors (Lipinski definition) is 5. The SMILES string of the molecule is O=C(Nc1cnn(-c2cccc(CNCCN3CCOCC3)c2)c1)Nc1ccccc1Cl. The standard InChI is InChI=1S/C23H27ClN6O2/c24-21-6-1-2-7-22(21)28-23(31)27-19-16-26-30(17-19)20-5-3-4-18(14-20)15-25-8-9-29-10-12-32-13-11-29/h1-7,14,16-17,25H,8-13,15H2,(H2,27,28,31). The molecule has 0 spiro atoms. The van der Waals surface area contributed by atoms with Crippen LogP contribution in [0, 0.1) is 0 Å². The highest BCUT2D eigenvalue weighted by molar-refractivity contribution is 6.33. The fourth-order valence-corrected chi connectivity index (χ4v) is 3.66. The van der Waals surface area contributed by atoms with Gasteiger partial charge in [0, 0.05) is 32.7 Å². The maximum Gasteiger partial charge on any atom is 0.323 e. The van der Waals surface area contributed by atoms with E-state index in [0.717, 1.165) is 51.6 Å². The third kappa shape index (κ3) is 6.30. The van der Waals surface area contributed by atoms with Gasteiger partial charge in [-0.25, -0.2) is 9.48 Å². The van der Waals surface area contributed by atoms with Crippen molar-refractivity contribution >= 4 is 29.0 Å². The van der Waals surface area contributed by atoms with E-state index in [1.54, 1.807) is 29.2 Å². The van der Waals surface area contributed by atoms with Crippen LogP contribution in [-0.2, 0) is 11.3 Å². The smallest absolute Gasteiger partial charge is 0.323 e. The lowest BCUT2D eigenvalue weighted by atomic mass is 10.2. The molecule has 168 valence electrons. The zero-order valence-electron chi connectivity index (χ0n) is 17.8. The largest absolute Gasteiger partial charge is 0.379 e. The Balaban J connectivity index is 1.28. The van der Waals surface area contributed by atoms with Gasteiger partial charge in [0.25, 0.3) is 0 Å². The molecule has 1 saturated heterocycles. The number of hydrogen-bond donors (Lipinski definition) is 3. The van der Waals surface area contributed by atoms with Crippen molar-refractivity contribution in [1.29, 1.82) is 0 Å². The van der Waals surface area contributed by atoms with Crippen molar-refractivity contribution in [3.05, 3.63) is 71.5 Å². The average molecular weight is 455 g/mol. The number of morpholine rings is 1. The average Bonchev–Trinajstić information content (AvgIpc) is 3.28. The van der Waals surface area contributed by atoms with Crippen molar-refractivity contribution in [2.45, 2.75) is 6.54 Å². The Labute approximate surface area is 192 Å². The summed E-state index contributed by atoms with van der Waals surface area (Å²) in [6.45, 7) is 6.39. The Morgan fingerprint density at radius 3 is 2.78 bits per heavy atom. The molecule has 1 aliphatic rings. The Kier molecular flexibility index (Phi) is 7.73. The molecule has 1 fully saturated rings. The van der Waals surface area contributed by atoms with Crippen LogP contribution in [0.25, 0.3) is 5.69 Å². The Bertz CT molecular complexity index is 1030. The van der Waals surface area contributed by atoms with Crippen LogP contribution in [0.3, 0.4) is 0 Å². The van der Waals surface area contributed by atoms with Crippen molar-refractivity contribution in [2.75, 3.05) is 50.0 Å². The van der Waals surface area contributed by atoms with E-state index in [1.165, 1.54) is 5.56 Å². The number of halogens is 1. The van der Waals surface area contributed by atoms with E-state index in [1.807, 2.05) is 24.3 Å². The summed E-state index contributed by atoms with van der Waals surface area (Å²) in [5.41, 5.74) is 3.24. The highest BCUT2D eigenvalue weighted by atomic mass is 35.5. The topological polar surface area (TPSA) is 83.5 Å². The van der Waals surface area contributed by atoms with E-state index in [0.29, 0.717) is 16.4 Å². The highest BCUT2D eigenvalue weighted by Crippen LogP contribution is 2.21. The molecule has 0 bridgehead atoms. The normalized spacial score (nSPS) is 14.3. The molecular weight excluding hydrogens is 428 g/mol. The van der Waals surface area contributed by atoms with Crippen LogP contribution in [0.2, 0.25) is 5.02 Å². The van der Waals surface area contributed by atoms with Crippen LogP contribution in [-0.4, -0.2) is 60.1 Å². The molecule has 2 heterocycles. The number of benzene rings is 2. The zero-order valence-corrected chi connectivity index (χ0v) is 18.5. The maximum absolute atomic E-state index is 12.3. The van der Waals surface area contributed by atoms with Gasteiger partial charge in [-0.2, -0.15) is 5.10 Å². The molecule has 8 nitrogen and oxygen atoms in total. The summed E-state index contributed by atoms with van der Waals surface area (Å²) < 4.78 is 7.12. The predicted molar refractivity (Wildman–Crippen MR) is 127 cm³/mol. The molecule has 0 aliphatic carbocycles. The van der Waals surface area contributed by atoms with Crippen molar-refractivity contribution in [3.8, 4) is 5.69 Å². The molecule has 2 amide bonds. The van der Waals surface area contributed by atoms with Crippen LogP contribution >= 0.6 is 11.6 Å². The number of carbonyl (C=O) groups excluding carboxylic acids is 1. The molecule has 4 rings (SSSR count). The van der Waals surface area contributed by atoms with Gasteiger partial charge in [0.05, 0.1) is 47.7 Å². The first-order valence-electron chi connectivity index (χ1n) is 10.6. The number of carbonyl (C=O) groups is 1. The minimum absolute atomic E-state index is 0.379. The van der Waals surface area contributed by atoms with Crippen molar-refractivity contribution < 1.29 is 9.53 Å². The Morgan fingerprint density at radius 1 is 1.09 bits per heavy atom. The molecule has 1 aliphatic heterocycles. The van der Waals surface area contributed by atoms with Gasteiger partial charge < -0.3 is 20.7 Å². The molecule has 0 unspecified atom stereocenters. The summed E-state index contributed by atoms with van der Waals surface area (Å²) >= 11 is 6.08. The minimum Gasteiger partial charge on any atom is -0.379 e. The molecule has 2 aromatic carbocycles. The number of para-hydroxylation sites is 1. The molecule has 9 heteroatoms. The summed E-state index contributed by atoms with van der Waals surface area (Å²) in [6.07, 6.45) is 3.39. The van der Waals surface area contributed by atoms with E-state index in [-0.39, 0.29) is 6.03 Å². The summed E-state index contributed by atoms with van der Waals surface area (Å²) in [5.74, 6) is 0. The molecule has 3 aromatic rings. The predicted octanol–water partition coefficient (Wildman–Crippen LogP) is 3.59. The second-order valence-corrected chi connectivity index (χ2v) is 7.94. The number of nitrogens with zero attached hydrogens (tertiary/aromatic N) is 3. The summed E-state index contributed by atoms with van der Waals surface area (Å²) in [7, 11) is 0. The first-order chi connectivity index (χ1) is 15.7. The van der Waals surface area contributed by atoms with E-state index < -0.39 is 0 Å². The highest BCUT2D eigenvalue weighted by Gasteiger charge is 2.10. The summed E-state index contributed by atoms with van der Waals surface area (Å²) in [4.78, 5) is 14.7. The van der Waals surface area contributed by atoms with Gasteiger partial charge in [-0.05, 0) is 29.8 Å². The van der Waals surface area contributed by atoms with Gasteiger partial charge in [-0.3, -0.25) is 4.90 Å². The first-order valence-corrected chi connectivity index (χ1v) is 11.0. The van der Waals surface area contributed by atoms with Crippen LogP contribution < -0.4 is 16.0 Å². The lowest BCUT2D eigenvalue weighted by molar-refractivity contribution is 0.0384. The van der Waals surface area contributed by atoms with Crippen LogP contribution in [0.4, 0.5) is 16.2 Å². The number of urea groups is 1. The number of amides is 2. The number of rotatable bonds is 8. The lowest BCUT2D eigenvalue weighted by Crippen LogP contribution is -2.40. The maximum atomic E-state index is 12.3. The zero-order chi connectivity index (χ0) is 22.2. The summed E-state index contributed by atoms with van der Waals surface area (Å²) in [6, 6.07) is 14.9. The van der Waals surface area contributed by atoms with E-state index in [4.69, 9.17) is 16.3 Å². The fraction of sp³-hybridized carbons (Fsp3) is 0.304. The van der Waals surface area contributed by atoms with Gasteiger partial charge in [0.2, 0.25) is 0 Å². The molecule has 0 saturated carbocycles. The van der Waals surface area contributed by atoms with E-state index in [9.17, 15) is 4.79 Å². The molecule has 32 heavy (non-hydrogen) atoms. The lowest BCUT2D eigenvalue weighted by Gasteiger charge is -2.26. The van der Waals surface area contributed by atoms with Gasteiger partial charge in [0.15, 0.2) is 0 Å². The number of nitrogens with one attached hydrogen (secondary N) is 3. The fourth-order valence-electron chi connectivity index (χ4n) is 3.48. The number of ether oxygens (including phenoxy) is 1. The van der Waals surface area contributed by atoms with E-state index in [2.05, 4.69) is 38.1 Å². The third-order valence-electron chi connectivity index (χ3n) is 5.18. The monoisotopic (exact) mass is 454 g/mol. The molecular formula is C23H27ClN6O2. The van der Waals surface area contributed by atoms with Crippen molar-refractivity contribution in [3.63, 3.8) is 0 Å². The van der Waals surface area contributed by atoms with E-state index >= 15 is 0 Å². The van der Waals surface area contributed by atoms with Gasteiger partial charge in [-0.15, -0.1) is 0 Å². The van der Waals surface area contributed by atoms with Crippen LogP contribution in [0.15, 0.2) is 60.9 Å². The van der Waals surface area contributed by atoms with Gasteiger partial charge >= 0.3 is 6.03 Å². The van der Waals surface area contributed by atoms with Gasteiger partial charge in [-0.1, -0.05) is 35.9 Å². The Hall–Kier alpha value is -2.91. The van der Waals surface area contributed by atoms with Crippen LogP contribution in [0.1, 0.15) is 5.56 Å². The molecule has 0 radical (unpaired) electrons. The minimum atomic E-state index is -0.379. The third-order valence-corrected chi connectivity index (χ3v) is 5.50. The number of anilines is 2. The molecule has 0 atom stereocenters. The quantitative estimate of drug-likeness (QED) is 0.453. The second kappa shape index (κ2) is 11.1. The van der Waals surface area contributed by atoms with Crippen molar-refractivity contribution in [2.24, 2.45) is 0 Å². The molecule has 3 N–H and O–H groups in total. The second-order valence-electron chi connectivity index (χ2n) is 7.53.